The molecule has 1 aromatic heterocycles. The van der Waals surface area contributed by atoms with Crippen molar-refractivity contribution in [2.24, 2.45) is 0 Å². The second-order valence-corrected chi connectivity index (χ2v) is 9.56. The Labute approximate surface area is 193 Å². The molecule has 0 bridgehead atoms. The molecular formula is C23H26ClN4O3S+. The molecule has 168 valence electrons. The quantitative estimate of drug-likeness (QED) is 0.539. The summed E-state index contributed by atoms with van der Waals surface area (Å²) in [7, 11) is -4.02. The molecule has 7 nitrogen and oxygen atoms in total. The van der Waals surface area contributed by atoms with Gasteiger partial charge in [0.25, 0.3) is 10.1 Å². The van der Waals surface area contributed by atoms with Crippen molar-refractivity contribution in [3.63, 3.8) is 0 Å². The largest absolute Gasteiger partial charge is 0.325 e. The summed E-state index contributed by atoms with van der Waals surface area (Å²) in [5, 5.41) is 0.674. The molecule has 32 heavy (non-hydrogen) atoms. The van der Waals surface area contributed by atoms with Crippen LogP contribution in [0.15, 0.2) is 71.9 Å². The van der Waals surface area contributed by atoms with Crippen LogP contribution in [-0.2, 0) is 10.1 Å². The molecule has 0 radical (unpaired) electrons. The average molecular weight is 474 g/mol. The van der Waals surface area contributed by atoms with Gasteiger partial charge in [-0.2, -0.15) is 8.42 Å². The molecule has 2 N–H and O–H groups in total. The fourth-order valence-electron chi connectivity index (χ4n) is 3.59. The topological polar surface area (TPSA) is 87.9 Å². The molecular weight excluding hydrogens is 448 g/mol. The number of anilines is 2. The summed E-state index contributed by atoms with van der Waals surface area (Å²) in [6.45, 7) is 16.1. The predicted octanol–water partition coefficient (Wildman–Crippen LogP) is 4.98. The highest BCUT2D eigenvalue weighted by molar-refractivity contribution is 7.85. The van der Waals surface area contributed by atoms with E-state index in [9.17, 15) is 8.42 Å². The average Bonchev–Trinajstić information content (AvgIpc) is 2.97. The van der Waals surface area contributed by atoms with E-state index in [4.69, 9.17) is 21.1 Å². The molecule has 3 aromatic rings. The smallest absolute Gasteiger partial charge is 0.284 e. The van der Waals surface area contributed by atoms with Crippen molar-refractivity contribution in [1.29, 1.82) is 0 Å². The molecule has 0 amide bonds. The minimum absolute atomic E-state index is 0.0666. The number of benzene rings is 2. The Bertz CT molecular complexity index is 1310. The first kappa shape index (κ1) is 23.7. The SMILES string of the molecule is C=C(C)N1c2nc3cc(Cl)ccc3[nH+]c2N(C(=C)C)C1C.Cc1ccc(S(=O)(=O)O)cc1. The number of fused-ring (bicyclic) bond motifs is 2. The zero-order valence-electron chi connectivity index (χ0n) is 18.4. The van der Waals surface area contributed by atoms with E-state index in [-0.39, 0.29) is 11.1 Å². The molecule has 2 aromatic carbocycles. The van der Waals surface area contributed by atoms with Crippen LogP contribution in [-0.4, -0.2) is 24.1 Å². The van der Waals surface area contributed by atoms with Crippen LogP contribution in [0.1, 0.15) is 26.3 Å². The summed E-state index contributed by atoms with van der Waals surface area (Å²) in [4.78, 5) is 12.4. The lowest BCUT2D eigenvalue weighted by Crippen LogP contribution is -2.39. The van der Waals surface area contributed by atoms with Crippen molar-refractivity contribution < 1.29 is 18.0 Å². The Morgan fingerprint density at radius 2 is 1.69 bits per heavy atom. The molecule has 1 aliphatic rings. The van der Waals surface area contributed by atoms with E-state index in [1.165, 1.54) is 12.1 Å². The molecule has 4 rings (SSSR count). The van der Waals surface area contributed by atoms with Gasteiger partial charge in [0.2, 0.25) is 5.82 Å². The summed E-state index contributed by atoms with van der Waals surface area (Å²) in [5.74, 6) is 1.79. The van der Waals surface area contributed by atoms with Gasteiger partial charge < -0.3 is 0 Å². The van der Waals surface area contributed by atoms with Gasteiger partial charge in [0.1, 0.15) is 5.52 Å². The number of aromatic amines is 1. The Kier molecular flexibility index (Phi) is 6.59. The van der Waals surface area contributed by atoms with E-state index in [1.54, 1.807) is 12.1 Å². The van der Waals surface area contributed by atoms with Gasteiger partial charge in [-0.05, 0) is 58.0 Å². The van der Waals surface area contributed by atoms with Gasteiger partial charge in [0.05, 0.1) is 10.6 Å². The monoisotopic (exact) mass is 473 g/mol. The second-order valence-electron chi connectivity index (χ2n) is 7.70. The van der Waals surface area contributed by atoms with Crippen molar-refractivity contribution in [2.75, 3.05) is 9.80 Å². The molecule has 0 spiro atoms. The number of aryl methyl sites for hydroxylation is 1. The molecule has 1 aliphatic heterocycles. The first-order chi connectivity index (χ1) is 14.9. The first-order valence-electron chi connectivity index (χ1n) is 9.86. The van der Waals surface area contributed by atoms with Gasteiger partial charge in [-0.3, -0.25) is 9.45 Å². The van der Waals surface area contributed by atoms with Crippen molar-refractivity contribution >= 4 is 44.4 Å². The summed E-state index contributed by atoms with van der Waals surface area (Å²) in [6.07, 6.45) is 0.0889. The minimum atomic E-state index is -4.02. The third-order valence-corrected chi connectivity index (χ3v) is 6.11. The Hall–Kier alpha value is -2.94. The summed E-state index contributed by atoms with van der Waals surface area (Å²) in [5.41, 5.74) is 4.63. The molecule has 1 unspecified atom stereocenters. The summed E-state index contributed by atoms with van der Waals surface area (Å²) >= 11 is 6.07. The molecule has 0 fully saturated rings. The zero-order chi connectivity index (χ0) is 23.8. The lowest BCUT2D eigenvalue weighted by atomic mass is 10.2. The lowest BCUT2D eigenvalue weighted by Gasteiger charge is -2.23. The summed E-state index contributed by atoms with van der Waals surface area (Å²) in [6, 6.07) is 11.6. The number of halogens is 1. The van der Waals surface area contributed by atoms with Crippen molar-refractivity contribution in [2.45, 2.75) is 38.8 Å². The van der Waals surface area contributed by atoms with E-state index in [0.29, 0.717) is 5.02 Å². The van der Waals surface area contributed by atoms with Crippen LogP contribution in [0.2, 0.25) is 5.02 Å². The first-order valence-corrected chi connectivity index (χ1v) is 11.7. The van der Waals surface area contributed by atoms with Gasteiger partial charge in [-0.25, -0.2) is 14.9 Å². The van der Waals surface area contributed by atoms with Crippen LogP contribution in [0.25, 0.3) is 11.0 Å². The van der Waals surface area contributed by atoms with Crippen LogP contribution < -0.4 is 14.8 Å². The number of nitrogens with zero attached hydrogens (tertiary/aromatic N) is 3. The van der Waals surface area contributed by atoms with Crippen LogP contribution >= 0.6 is 11.6 Å². The van der Waals surface area contributed by atoms with E-state index < -0.39 is 10.1 Å². The fraction of sp³-hybridized carbons (Fsp3) is 0.217. The highest BCUT2D eigenvalue weighted by atomic mass is 35.5. The fourth-order valence-corrected chi connectivity index (χ4v) is 4.23. The zero-order valence-corrected chi connectivity index (χ0v) is 20.0. The molecule has 0 aliphatic carbocycles. The third-order valence-electron chi connectivity index (χ3n) is 5.01. The van der Waals surface area contributed by atoms with E-state index in [2.05, 4.69) is 34.9 Å². The Morgan fingerprint density at radius 1 is 1.09 bits per heavy atom. The van der Waals surface area contributed by atoms with Gasteiger partial charge in [0.15, 0.2) is 11.7 Å². The van der Waals surface area contributed by atoms with Crippen LogP contribution in [0.4, 0.5) is 11.6 Å². The molecule has 0 saturated heterocycles. The molecule has 1 atom stereocenters. The number of allylic oxidation sites excluding steroid dienone is 2. The van der Waals surface area contributed by atoms with Gasteiger partial charge in [0, 0.05) is 10.7 Å². The number of nitrogens with one attached hydrogen (secondary N) is 1. The maximum atomic E-state index is 10.5. The number of rotatable bonds is 3. The highest BCUT2D eigenvalue weighted by Gasteiger charge is 2.43. The highest BCUT2D eigenvalue weighted by Crippen LogP contribution is 2.39. The number of aromatic nitrogens is 2. The third kappa shape index (κ3) is 4.77. The summed E-state index contributed by atoms with van der Waals surface area (Å²) < 4.78 is 29.6. The Balaban J connectivity index is 0.000000222. The maximum absolute atomic E-state index is 10.5. The molecule has 2 heterocycles. The van der Waals surface area contributed by atoms with Crippen molar-refractivity contribution in [1.82, 2.24) is 4.98 Å². The van der Waals surface area contributed by atoms with E-state index in [1.807, 2.05) is 39.0 Å². The van der Waals surface area contributed by atoms with Crippen LogP contribution in [0, 0.1) is 6.92 Å². The van der Waals surface area contributed by atoms with Gasteiger partial charge in [-0.1, -0.05) is 42.5 Å². The number of H-pyrrole nitrogens is 1. The van der Waals surface area contributed by atoms with Crippen molar-refractivity contribution in [3.8, 4) is 0 Å². The van der Waals surface area contributed by atoms with E-state index >= 15 is 0 Å². The number of hydrogen-bond acceptors (Lipinski definition) is 5. The number of hydrogen-bond donors (Lipinski definition) is 1. The Morgan fingerprint density at radius 3 is 2.22 bits per heavy atom. The maximum Gasteiger partial charge on any atom is 0.325 e. The van der Waals surface area contributed by atoms with Gasteiger partial charge >= 0.3 is 5.82 Å². The van der Waals surface area contributed by atoms with Crippen molar-refractivity contribution in [3.05, 3.63) is 77.6 Å². The molecule has 0 saturated carbocycles. The van der Waals surface area contributed by atoms with Crippen LogP contribution in [0.5, 0.6) is 0 Å². The van der Waals surface area contributed by atoms with Crippen LogP contribution in [0.3, 0.4) is 0 Å². The minimum Gasteiger partial charge on any atom is -0.284 e. The second kappa shape index (κ2) is 8.90. The standard InChI is InChI=1S/C16H17ClN4.C7H8O3S/c1-9(2)20-11(5)21(10(3)4)16-15(20)18-13-7-6-12(17)8-14(13)19-16;1-6-2-4-7(5-3-6)11(8,9)10/h6-8,11H,1,3H2,2,4-5H3;2-5H,1H3,(H,8,9,10)/p+1. The van der Waals surface area contributed by atoms with E-state index in [0.717, 1.165) is 39.6 Å². The molecule has 9 heteroatoms. The van der Waals surface area contributed by atoms with Gasteiger partial charge in [-0.15, -0.1) is 0 Å². The predicted molar refractivity (Wildman–Crippen MR) is 128 cm³/mol. The lowest BCUT2D eigenvalue weighted by molar-refractivity contribution is -0.329. The normalized spacial score (nSPS) is 15.2.